The maximum Gasteiger partial charge on any atom is 0.261 e. The third kappa shape index (κ3) is 4.69. The van der Waals surface area contributed by atoms with E-state index in [-0.39, 0.29) is 11.5 Å². The van der Waals surface area contributed by atoms with Crippen LogP contribution in [0.5, 0.6) is 0 Å². The van der Waals surface area contributed by atoms with Gasteiger partial charge in [0.2, 0.25) is 0 Å². The summed E-state index contributed by atoms with van der Waals surface area (Å²) in [5.41, 5.74) is 3.53. The Labute approximate surface area is 182 Å². The van der Waals surface area contributed by atoms with Gasteiger partial charge in [-0.15, -0.1) is 0 Å². The maximum atomic E-state index is 13.0. The lowest BCUT2D eigenvalue weighted by atomic mass is 10.1. The molecule has 6 heteroatoms. The monoisotopic (exact) mass is 418 g/mol. The van der Waals surface area contributed by atoms with E-state index in [1.807, 2.05) is 6.07 Å². The summed E-state index contributed by atoms with van der Waals surface area (Å²) in [4.78, 5) is 32.8. The molecular weight excluding hydrogens is 388 g/mol. The molecule has 0 spiro atoms. The van der Waals surface area contributed by atoms with Gasteiger partial charge >= 0.3 is 0 Å². The molecule has 162 valence electrons. The van der Waals surface area contributed by atoms with Gasteiger partial charge in [-0.25, -0.2) is 4.98 Å². The van der Waals surface area contributed by atoms with Gasteiger partial charge in [0.05, 0.1) is 10.9 Å². The summed E-state index contributed by atoms with van der Waals surface area (Å²) in [7, 11) is 0. The molecular formula is C25H30N4O2. The highest BCUT2D eigenvalue weighted by molar-refractivity contribution is 5.97. The Morgan fingerprint density at radius 3 is 2.74 bits per heavy atom. The number of nitrogens with zero attached hydrogens (tertiary/aromatic N) is 3. The predicted molar refractivity (Wildman–Crippen MR) is 124 cm³/mol. The van der Waals surface area contributed by atoms with Crippen molar-refractivity contribution in [1.82, 2.24) is 19.8 Å². The van der Waals surface area contributed by atoms with E-state index in [0.29, 0.717) is 35.6 Å². The van der Waals surface area contributed by atoms with Crippen LogP contribution >= 0.6 is 0 Å². The van der Waals surface area contributed by atoms with Crippen molar-refractivity contribution in [3.05, 3.63) is 75.3 Å². The van der Waals surface area contributed by atoms with E-state index in [1.165, 1.54) is 11.1 Å². The fourth-order valence-corrected chi connectivity index (χ4v) is 4.22. The minimum Gasteiger partial charge on any atom is -0.352 e. The van der Waals surface area contributed by atoms with E-state index in [0.717, 1.165) is 31.8 Å². The minimum atomic E-state index is -0.141. The third-order valence-electron chi connectivity index (χ3n) is 6.04. The van der Waals surface area contributed by atoms with Gasteiger partial charge in [0, 0.05) is 44.2 Å². The van der Waals surface area contributed by atoms with Crippen LogP contribution in [-0.4, -0.2) is 46.0 Å². The molecule has 0 saturated heterocycles. The lowest BCUT2D eigenvalue weighted by molar-refractivity contribution is 0.0954. The number of nitrogens with one attached hydrogen (secondary N) is 1. The van der Waals surface area contributed by atoms with Gasteiger partial charge < -0.3 is 5.32 Å². The second-order valence-electron chi connectivity index (χ2n) is 8.59. The highest BCUT2D eigenvalue weighted by atomic mass is 16.1. The SMILES string of the molecule is Cc1cccc(CCNC(=O)c2ccc3c(=O)n4c(nc3c2)CCN(C(C)C)CC4)c1. The maximum absolute atomic E-state index is 13.0. The first-order valence-electron chi connectivity index (χ1n) is 11.0. The van der Waals surface area contributed by atoms with E-state index >= 15 is 0 Å². The Bertz CT molecular complexity index is 1170. The second-order valence-corrected chi connectivity index (χ2v) is 8.59. The minimum absolute atomic E-state index is 0.0167. The van der Waals surface area contributed by atoms with E-state index < -0.39 is 0 Å². The molecule has 4 rings (SSSR count). The Kier molecular flexibility index (Phi) is 6.18. The molecule has 0 fully saturated rings. The van der Waals surface area contributed by atoms with Crippen molar-refractivity contribution >= 4 is 16.8 Å². The molecule has 0 aliphatic carbocycles. The van der Waals surface area contributed by atoms with Crippen LogP contribution in [0.3, 0.4) is 0 Å². The molecule has 0 radical (unpaired) electrons. The number of benzene rings is 2. The molecule has 6 nitrogen and oxygen atoms in total. The molecule has 3 aromatic rings. The molecule has 0 saturated carbocycles. The number of amides is 1. The Morgan fingerprint density at radius 2 is 1.97 bits per heavy atom. The molecule has 0 atom stereocenters. The van der Waals surface area contributed by atoms with Crippen LogP contribution in [0.1, 0.15) is 41.2 Å². The van der Waals surface area contributed by atoms with Crippen molar-refractivity contribution in [2.45, 2.75) is 46.2 Å². The van der Waals surface area contributed by atoms with Gasteiger partial charge in [0.15, 0.2) is 0 Å². The number of aryl methyl sites for hydroxylation is 1. The summed E-state index contributed by atoms with van der Waals surface area (Å²) < 4.78 is 1.80. The zero-order valence-electron chi connectivity index (χ0n) is 18.5. The number of hydrogen-bond donors (Lipinski definition) is 1. The quantitative estimate of drug-likeness (QED) is 0.692. The van der Waals surface area contributed by atoms with Crippen molar-refractivity contribution in [3.63, 3.8) is 0 Å². The predicted octanol–water partition coefficient (Wildman–Crippen LogP) is 2.94. The van der Waals surface area contributed by atoms with Crippen molar-refractivity contribution in [1.29, 1.82) is 0 Å². The van der Waals surface area contributed by atoms with Crippen LogP contribution in [0.2, 0.25) is 0 Å². The largest absolute Gasteiger partial charge is 0.352 e. The topological polar surface area (TPSA) is 67.2 Å². The molecule has 2 aromatic carbocycles. The fraction of sp³-hybridized carbons (Fsp3) is 0.400. The van der Waals surface area contributed by atoms with Crippen LogP contribution in [0.4, 0.5) is 0 Å². The van der Waals surface area contributed by atoms with E-state index in [4.69, 9.17) is 4.98 Å². The van der Waals surface area contributed by atoms with Crippen molar-refractivity contribution in [3.8, 4) is 0 Å². The summed E-state index contributed by atoms with van der Waals surface area (Å²) >= 11 is 0. The van der Waals surface area contributed by atoms with Gasteiger partial charge in [0.1, 0.15) is 5.82 Å². The molecule has 1 aliphatic heterocycles. The Morgan fingerprint density at radius 1 is 1.13 bits per heavy atom. The zero-order chi connectivity index (χ0) is 22.0. The summed E-state index contributed by atoms with van der Waals surface area (Å²) in [5, 5.41) is 3.55. The van der Waals surface area contributed by atoms with E-state index in [1.54, 1.807) is 22.8 Å². The lowest BCUT2D eigenvalue weighted by Gasteiger charge is -2.23. The number of rotatable bonds is 5. The van der Waals surface area contributed by atoms with E-state index in [2.05, 4.69) is 49.2 Å². The van der Waals surface area contributed by atoms with Gasteiger partial charge in [0.25, 0.3) is 11.5 Å². The molecule has 0 unspecified atom stereocenters. The summed E-state index contributed by atoms with van der Waals surface area (Å²) in [6, 6.07) is 13.9. The second kappa shape index (κ2) is 9.02. The number of hydrogen-bond acceptors (Lipinski definition) is 4. The molecule has 0 bridgehead atoms. The summed E-state index contributed by atoms with van der Waals surface area (Å²) in [6.45, 7) is 9.35. The van der Waals surface area contributed by atoms with Gasteiger partial charge in [-0.3, -0.25) is 19.1 Å². The first-order valence-corrected chi connectivity index (χ1v) is 11.0. The molecule has 1 aliphatic rings. The van der Waals surface area contributed by atoms with Gasteiger partial charge in [-0.05, 0) is 51.0 Å². The number of aromatic nitrogens is 2. The Balaban J connectivity index is 1.51. The Hall–Kier alpha value is -2.99. The van der Waals surface area contributed by atoms with Gasteiger partial charge in [-0.2, -0.15) is 0 Å². The average molecular weight is 419 g/mol. The number of carbonyl (C=O) groups excluding carboxylic acids is 1. The first-order chi connectivity index (χ1) is 14.9. The van der Waals surface area contributed by atoms with Crippen LogP contribution in [0, 0.1) is 6.92 Å². The average Bonchev–Trinajstić information content (AvgIpc) is 2.96. The highest BCUT2D eigenvalue weighted by Crippen LogP contribution is 2.15. The molecule has 31 heavy (non-hydrogen) atoms. The fourth-order valence-electron chi connectivity index (χ4n) is 4.22. The smallest absolute Gasteiger partial charge is 0.261 e. The third-order valence-corrected chi connectivity index (χ3v) is 6.04. The highest BCUT2D eigenvalue weighted by Gasteiger charge is 2.19. The normalized spacial score (nSPS) is 14.5. The van der Waals surface area contributed by atoms with Crippen LogP contribution < -0.4 is 10.9 Å². The molecule has 1 aromatic heterocycles. The van der Waals surface area contributed by atoms with Crippen molar-refractivity contribution in [2.24, 2.45) is 0 Å². The van der Waals surface area contributed by atoms with Crippen LogP contribution in [0.25, 0.3) is 10.9 Å². The molecule has 2 heterocycles. The van der Waals surface area contributed by atoms with Crippen molar-refractivity contribution < 1.29 is 4.79 Å². The summed E-state index contributed by atoms with van der Waals surface area (Å²) in [6.07, 6.45) is 1.51. The number of carbonyl (C=O) groups is 1. The van der Waals surface area contributed by atoms with Crippen molar-refractivity contribution in [2.75, 3.05) is 19.6 Å². The van der Waals surface area contributed by atoms with Crippen LogP contribution in [-0.2, 0) is 19.4 Å². The zero-order valence-corrected chi connectivity index (χ0v) is 18.5. The van der Waals surface area contributed by atoms with Gasteiger partial charge in [-0.1, -0.05) is 29.8 Å². The molecule has 1 amide bonds. The van der Waals surface area contributed by atoms with E-state index in [9.17, 15) is 9.59 Å². The summed E-state index contributed by atoms with van der Waals surface area (Å²) in [5.74, 6) is 0.662. The van der Waals surface area contributed by atoms with Crippen LogP contribution in [0.15, 0.2) is 47.3 Å². The standard InChI is InChI=1S/C25H30N4O2/c1-17(2)28-12-10-23-27-22-16-20(7-8-21(22)25(31)29(23)14-13-28)24(30)26-11-9-19-6-4-5-18(3)15-19/h4-8,15-17H,9-14H2,1-3H3,(H,26,30). The number of fused-ring (bicyclic) bond motifs is 2. The first kappa shape index (κ1) is 21.2. The lowest BCUT2D eigenvalue weighted by Crippen LogP contribution is -2.34. The molecule has 1 N–H and O–H groups in total.